The molecule has 19 heavy (non-hydrogen) atoms. The van der Waals surface area contributed by atoms with Crippen LogP contribution in [0.2, 0.25) is 0 Å². The van der Waals surface area contributed by atoms with Gasteiger partial charge in [0.25, 0.3) is 0 Å². The highest BCUT2D eigenvalue weighted by Gasteiger charge is 2.32. The zero-order chi connectivity index (χ0) is 13.8. The highest BCUT2D eigenvalue weighted by molar-refractivity contribution is 5.31. The molecule has 0 aromatic heterocycles. The maximum Gasteiger partial charge on any atom is 0.119 e. The van der Waals surface area contributed by atoms with Crippen molar-refractivity contribution >= 4 is 0 Å². The van der Waals surface area contributed by atoms with Crippen molar-refractivity contribution in [1.82, 2.24) is 10.9 Å². The van der Waals surface area contributed by atoms with Gasteiger partial charge < -0.3 is 10.5 Å². The molecule has 4 nitrogen and oxygen atoms in total. The Hall–Kier alpha value is -1.10. The first-order chi connectivity index (χ1) is 9.11. The number of nitrogens with two attached hydrogens (primary N) is 1. The molecule has 0 radical (unpaired) electrons. The molecule has 1 heterocycles. The van der Waals surface area contributed by atoms with Crippen LogP contribution in [0.5, 0.6) is 5.75 Å². The van der Waals surface area contributed by atoms with Crippen LogP contribution >= 0.6 is 0 Å². The lowest BCUT2D eigenvalue weighted by atomic mass is 9.90. The largest absolute Gasteiger partial charge is 0.493 e. The van der Waals surface area contributed by atoms with Crippen LogP contribution in [0.25, 0.3) is 0 Å². The minimum Gasteiger partial charge on any atom is -0.493 e. The first-order valence-corrected chi connectivity index (χ1v) is 7.05. The molecule has 0 aliphatic carbocycles. The summed E-state index contributed by atoms with van der Waals surface area (Å²) in [5, 5.41) is 0. The van der Waals surface area contributed by atoms with E-state index in [0.29, 0.717) is 24.4 Å². The highest BCUT2D eigenvalue weighted by Crippen LogP contribution is 2.29. The van der Waals surface area contributed by atoms with Crippen molar-refractivity contribution in [2.24, 2.45) is 17.6 Å². The Morgan fingerprint density at radius 1 is 1.32 bits per heavy atom. The second-order valence-electron chi connectivity index (χ2n) is 5.73. The predicted octanol–water partition coefficient (Wildman–Crippen LogP) is 1.83. The fourth-order valence-corrected chi connectivity index (χ4v) is 2.46. The van der Waals surface area contributed by atoms with E-state index < -0.39 is 0 Å². The molecule has 2 rings (SSSR count). The average Bonchev–Trinajstić information content (AvgIpc) is 2.78. The van der Waals surface area contributed by atoms with Gasteiger partial charge in [0.15, 0.2) is 0 Å². The third-order valence-electron chi connectivity index (χ3n) is 3.61. The first-order valence-electron chi connectivity index (χ1n) is 7.05. The molecule has 1 saturated heterocycles. The standard InChI is InChI=1S/C15H25N3O/c1-10(2)9-19-13-6-4-5-12(7-13)15-14(8-16)11(3)17-18-15/h4-7,10-11,14-15,17-18H,8-9,16H2,1-3H3. The van der Waals surface area contributed by atoms with Crippen molar-refractivity contribution < 1.29 is 4.74 Å². The van der Waals surface area contributed by atoms with Gasteiger partial charge in [-0.3, -0.25) is 5.43 Å². The highest BCUT2D eigenvalue weighted by atomic mass is 16.5. The van der Waals surface area contributed by atoms with E-state index in [1.807, 2.05) is 12.1 Å². The van der Waals surface area contributed by atoms with Crippen molar-refractivity contribution in [1.29, 1.82) is 0 Å². The Labute approximate surface area is 115 Å². The van der Waals surface area contributed by atoms with Crippen LogP contribution in [0.15, 0.2) is 24.3 Å². The molecule has 3 unspecified atom stereocenters. The van der Waals surface area contributed by atoms with Crippen LogP contribution in [-0.4, -0.2) is 19.2 Å². The number of hydrazine groups is 1. The van der Waals surface area contributed by atoms with E-state index in [-0.39, 0.29) is 6.04 Å². The number of hydrogen-bond donors (Lipinski definition) is 3. The minimum atomic E-state index is 0.252. The van der Waals surface area contributed by atoms with E-state index in [1.54, 1.807) is 0 Å². The Kier molecular flexibility index (Phi) is 4.80. The third kappa shape index (κ3) is 3.47. The lowest BCUT2D eigenvalue weighted by molar-refractivity contribution is 0.270. The molecule has 1 fully saturated rings. The molecule has 0 amide bonds. The van der Waals surface area contributed by atoms with E-state index in [0.717, 1.165) is 12.4 Å². The molecular weight excluding hydrogens is 238 g/mol. The van der Waals surface area contributed by atoms with Crippen molar-refractivity contribution in [3.63, 3.8) is 0 Å². The summed E-state index contributed by atoms with van der Waals surface area (Å²) in [5.74, 6) is 1.87. The zero-order valence-electron chi connectivity index (χ0n) is 12.0. The summed E-state index contributed by atoms with van der Waals surface area (Å²) in [6, 6.07) is 8.93. The van der Waals surface area contributed by atoms with Gasteiger partial charge in [0.05, 0.1) is 12.6 Å². The topological polar surface area (TPSA) is 59.3 Å². The normalized spacial score (nSPS) is 26.9. The van der Waals surface area contributed by atoms with E-state index in [9.17, 15) is 0 Å². The van der Waals surface area contributed by atoms with Crippen LogP contribution < -0.4 is 21.3 Å². The molecule has 1 aliphatic rings. The molecule has 1 aromatic rings. The first kappa shape index (κ1) is 14.3. The Balaban J connectivity index is 2.10. The van der Waals surface area contributed by atoms with Gasteiger partial charge in [-0.1, -0.05) is 26.0 Å². The Bertz CT molecular complexity index is 408. The van der Waals surface area contributed by atoms with Crippen LogP contribution in [-0.2, 0) is 0 Å². The summed E-state index contributed by atoms with van der Waals surface area (Å²) in [4.78, 5) is 0. The monoisotopic (exact) mass is 263 g/mol. The van der Waals surface area contributed by atoms with Gasteiger partial charge in [0, 0.05) is 12.0 Å². The maximum atomic E-state index is 5.88. The van der Waals surface area contributed by atoms with Crippen molar-refractivity contribution in [3.8, 4) is 5.75 Å². The van der Waals surface area contributed by atoms with Crippen LogP contribution in [0.4, 0.5) is 0 Å². The lowest BCUT2D eigenvalue weighted by Gasteiger charge is -2.20. The molecule has 1 aromatic carbocycles. The number of nitrogens with one attached hydrogen (secondary N) is 2. The summed E-state index contributed by atoms with van der Waals surface area (Å²) in [5.41, 5.74) is 13.7. The van der Waals surface area contributed by atoms with E-state index in [1.165, 1.54) is 5.56 Å². The van der Waals surface area contributed by atoms with Crippen LogP contribution in [0, 0.1) is 11.8 Å². The molecule has 0 bridgehead atoms. The number of ether oxygens (including phenoxy) is 1. The summed E-state index contributed by atoms with van der Waals surface area (Å²) in [6.07, 6.45) is 0. The zero-order valence-corrected chi connectivity index (χ0v) is 12.0. The second-order valence-corrected chi connectivity index (χ2v) is 5.73. The van der Waals surface area contributed by atoms with E-state index in [2.05, 4.69) is 43.8 Å². The second kappa shape index (κ2) is 6.37. The quantitative estimate of drug-likeness (QED) is 0.758. The molecule has 4 heteroatoms. The fraction of sp³-hybridized carbons (Fsp3) is 0.600. The minimum absolute atomic E-state index is 0.252. The number of rotatable bonds is 5. The van der Waals surface area contributed by atoms with Crippen molar-refractivity contribution in [3.05, 3.63) is 29.8 Å². The van der Waals surface area contributed by atoms with Gasteiger partial charge >= 0.3 is 0 Å². The molecule has 4 N–H and O–H groups in total. The number of hydrogen-bond acceptors (Lipinski definition) is 4. The molecular formula is C15H25N3O. The van der Waals surface area contributed by atoms with E-state index in [4.69, 9.17) is 10.5 Å². The summed E-state index contributed by atoms with van der Waals surface area (Å²) in [6.45, 7) is 7.87. The maximum absolute atomic E-state index is 5.88. The molecule has 3 atom stereocenters. The average molecular weight is 263 g/mol. The Morgan fingerprint density at radius 2 is 2.11 bits per heavy atom. The summed E-state index contributed by atoms with van der Waals surface area (Å²) >= 11 is 0. The fourth-order valence-electron chi connectivity index (χ4n) is 2.46. The van der Waals surface area contributed by atoms with Crippen molar-refractivity contribution in [2.45, 2.75) is 32.9 Å². The molecule has 106 valence electrons. The van der Waals surface area contributed by atoms with Crippen molar-refractivity contribution in [2.75, 3.05) is 13.2 Å². The van der Waals surface area contributed by atoms with Gasteiger partial charge in [0.2, 0.25) is 0 Å². The van der Waals surface area contributed by atoms with Crippen LogP contribution in [0.3, 0.4) is 0 Å². The smallest absolute Gasteiger partial charge is 0.119 e. The summed E-state index contributed by atoms with van der Waals surface area (Å²) < 4.78 is 5.78. The van der Waals surface area contributed by atoms with Crippen LogP contribution in [0.1, 0.15) is 32.4 Å². The van der Waals surface area contributed by atoms with Gasteiger partial charge in [-0.2, -0.15) is 0 Å². The SMILES string of the molecule is CC(C)COc1cccc(C2NNC(C)C2CN)c1. The van der Waals surface area contributed by atoms with Gasteiger partial charge in [-0.25, -0.2) is 5.43 Å². The summed E-state index contributed by atoms with van der Waals surface area (Å²) in [7, 11) is 0. The van der Waals surface area contributed by atoms with Gasteiger partial charge in [-0.05, 0) is 37.1 Å². The van der Waals surface area contributed by atoms with E-state index >= 15 is 0 Å². The van der Waals surface area contributed by atoms with Gasteiger partial charge in [-0.15, -0.1) is 0 Å². The Morgan fingerprint density at radius 3 is 2.79 bits per heavy atom. The molecule has 0 spiro atoms. The molecule has 1 aliphatic heterocycles. The van der Waals surface area contributed by atoms with Gasteiger partial charge in [0.1, 0.15) is 5.75 Å². The lowest BCUT2D eigenvalue weighted by Crippen LogP contribution is -2.30. The third-order valence-corrected chi connectivity index (χ3v) is 3.61. The predicted molar refractivity (Wildman–Crippen MR) is 77.8 cm³/mol. The number of benzene rings is 1. The molecule has 0 saturated carbocycles.